The summed E-state index contributed by atoms with van der Waals surface area (Å²) in [5.74, 6) is -7.31. The van der Waals surface area contributed by atoms with E-state index in [-0.39, 0.29) is 22.1 Å². The van der Waals surface area contributed by atoms with Gasteiger partial charge < -0.3 is 14.3 Å². The molecule has 0 spiro atoms. The van der Waals surface area contributed by atoms with Crippen LogP contribution < -0.4 is 5.63 Å². The predicted molar refractivity (Wildman–Crippen MR) is 88.9 cm³/mol. The van der Waals surface area contributed by atoms with Gasteiger partial charge in [0, 0.05) is 5.92 Å². The van der Waals surface area contributed by atoms with Crippen LogP contribution in [0.4, 0.5) is 13.2 Å². The third kappa shape index (κ3) is 3.38. The Bertz CT molecular complexity index is 1070. The second-order valence-electron chi connectivity index (χ2n) is 5.78. The molecule has 0 saturated carbocycles. The summed E-state index contributed by atoms with van der Waals surface area (Å²) in [5.41, 5.74) is -1.51. The number of hydrogen-bond acceptors (Lipinski definition) is 5. The topological polar surface area (TPSA) is 76.7 Å². The maximum absolute atomic E-state index is 13.7. The average molecular weight is 378 g/mol. The maximum atomic E-state index is 13.7. The van der Waals surface area contributed by atoms with Crippen molar-refractivity contribution in [3.8, 4) is 5.75 Å². The summed E-state index contributed by atoms with van der Waals surface area (Å²) in [5, 5.41) is 10.7. The Kier molecular flexibility index (Phi) is 4.89. The first-order chi connectivity index (χ1) is 12.8. The Morgan fingerprint density at radius 3 is 2.44 bits per heavy atom. The Balaban J connectivity index is 2.28. The second kappa shape index (κ2) is 7.14. The van der Waals surface area contributed by atoms with Crippen LogP contribution in [0.3, 0.4) is 0 Å². The highest BCUT2D eigenvalue weighted by molar-refractivity contribution is 5.84. The van der Waals surface area contributed by atoms with Crippen LogP contribution >= 0.6 is 0 Å². The minimum absolute atomic E-state index is 0.0945. The van der Waals surface area contributed by atoms with E-state index in [1.165, 1.54) is 12.1 Å². The lowest BCUT2D eigenvalue weighted by Gasteiger charge is -2.18. The van der Waals surface area contributed by atoms with Crippen molar-refractivity contribution in [3.63, 3.8) is 0 Å². The third-order valence-corrected chi connectivity index (χ3v) is 4.18. The maximum Gasteiger partial charge on any atom is 0.343 e. The molecule has 0 amide bonds. The molecule has 140 valence electrons. The van der Waals surface area contributed by atoms with Crippen LogP contribution in [-0.2, 0) is 9.53 Å². The van der Waals surface area contributed by atoms with Gasteiger partial charge in [0.1, 0.15) is 11.3 Å². The highest BCUT2D eigenvalue weighted by Gasteiger charge is 2.29. The summed E-state index contributed by atoms with van der Waals surface area (Å²) in [6.45, 7) is 0. The fraction of sp³-hybridized carbons (Fsp3) is 0.158. The van der Waals surface area contributed by atoms with E-state index in [1.807, 2.05) is 0 Å². The van der Waals surface area contributed by atoms with E-state index in [2.05, 4.69) is 4.74 Å². The van der Waals surface area contributed by atoms with E-state index in [0.29, 0.717) is 12.1 Å². The molecular formula is C19H13F3O5. The summed E-state index contributed by atoms with van der Waals surface area (Å²) in [4.78, 5) is 24.2. The molecule has 8 heteroatoms. The molecule has 0 aliphatic rings. The van der Waals surface area contributed by atoms with Gasteiger partial charge >= 0.3 is 11.6 Å². The van der Waals surface area contributed by atoms with Crippen molar-refractivity contribution in [2.24, 2.45) is 0 Å². The molecule has 0 aliphatic heterocycles. The van der Waals surface area contributed by atoms with Gasteiger partial charge in [0.05, 0.1) is 24.5 Å². The minimum atomic E-state index is -1.69. The van der Waals surface area contributed by atoms with Crippen molar-refractivity contribution < 1.29 is 32.2 Å². The normalized spacial score (nSPS) is 12.1. The van der Waals surface area contributed by atoms with E-state index in [0.717, 1.165) is 7.11 Å². The van der Waals surface area contributed by atoms with E-state index < -0.39 is 47.1 Å². The second-order valence-corrected chi connectivity index (χ2v) is 5.78. The van der Waals surface area contributed by atoms with Gasteiger partial charge in [-0.1, -0.05) is 12.1 Å². The standard InChI is InChI=1S/C19H13F3O5/c1-26-15(23)8-11(9-6-12(20)17(22)13(21)7-9)16-18(24)10-4-2-3-5-14(10)27-19(16)25/h2-7,11,24H,8H2,1H3/t11-/m0/s1. The number of hydrogen-bond donors (Lipinski definition) is 1. The zero-order valence-corrected chi connectivity index (χ0v) is 14.0. The van der Waals surface area contributed by atoms with Crippen LogP contribution in [0, 0.1) is 17.5 Å². The molecule has 5 nitrogen and oxygen atoms in total. The summed E-state index contributed by atoms with van der Waals surface area (Å²) in [6, 6.07) is 7.39. The van der Waals surface area contributed by atoms with Crippen molar-refractivity contribution in [1.29, 1.82) is 0 Å². The fourth-order valence-corrected chi connectivity index (χ4v) is 2.87. The molecule has 0 fully saturated rings. The van der Waals surface area contributed by atoms with Gasteiger partial charge in [-0.15, -0.1) is 0 Å². The van der Waals surface area contributed by atoms with E-state index in [9.17, 15) is 27.9 Å². The quantitative estimate of drug-likeness (QED) is 0.426. The minimum Gasteiger partial charge on any atom is -0.507 e. The van der Waals surface area contributed by atoms with Crippen molar-refractivity contribution in [3.05, 3.63) is 75.4 Å². The first-order valence-corrected chi connectivity index (χ1v) is 7.79. The van der Waals surface area contributed by atoms with Crippen LogP contribution in [0.1, 0.15) is 23.5 Å². The van der Waals surface area contributed by atoms with Crippen molar-refractivity contribution in [2.75, 3.05) is 7.11 Å². The van der Waals surface area contributed by atoms with Gasteiger partial charge in [0.25, 0.3) is 0 Å². The molecule has 0 radical (unpaired) electrons. The first-order valence-electron chi connectivity index (χ1n) is 7.79. The van der Waals surface area contributed by atoms with Crippen molar-refractivity contribution >= 4 is 16.9 Å². The van der Waals surface area contributed by atoms with Crippen molar-refractivity contribution in [1.82, 2.24) is 0 Å². The molecule has 27 heavy (non-hydrogen) atoms. The van der Waals surface area contributed by atoms with Crippen LogP contribution in [0.5, 0.6) is 5.75 Å². The predicted octanol–water partition coefficient (Wildman–Crippen LogP) is 3.61. The average Bonchev–Trinajstić information content (AvgIpc) is 2.64. The van der Waals surface area contributed by atoms with Gasteiger partial charge in [-0.05, 0) is 29.8 Å². The number of methoxy groups -OCH3 is 1. The van der Waals surface area contributed by atoms with Gasteiger partial charge in [-0.2, -0.15) is 0 Å². The first kappa shape index (κ1) is 18.5. The van der Waals surface area contributed by atoms with Crippen molar-refractivity contribution in [2.45, 2.75) is 12.3 Å². The number of carbonyl (C=O) groups excluding carboxylic acids is 1. The highest BCUT2D eigenvalue weighted by Crippen LogP contribution is 2.37. The Morgan fingerprint density at radius 2 is 1.81 bits per heavy atom. The Morgan fingerprint density at radius 1 is 1.19 bits per heavy atom. The lowest BCUT2D eigenvalue weighted by atomic mass is 9.88. The molecule has 0 aliphatic carbocycles. The number of para-hydroxylation sites is 1. The monoisotopic (exact) mass is 378 g/mol. The number of esters is 1. The summed E-state index contributed by atoms with van der Waals surface area (Å²) in [6.07, 6.45) is -0.530. The van der Waals surface area contributed by atoms with E-state index in [4.69, 9.17) is 4.42 Å². The van der Waals surface area contributed by atoms with E-state index in [1.54, 1.807) is 12.1 Å². The number of benzene rings is 2. The third-order valence-electron chi connectivity index (χ3n) is 4.18. The molecule has 1 atom stereocenters. The molecular weight excluding hydrogens is 365 g/mol. The largest absolute Gasteiger partial charge is 0.507 e. The Labute approximate surface area is 150 Å². The lowest BCUT2D eigenvalue weighted by molar-refractivity contribution is -0.140. The number of fused-ring (bicyclic) bond motifs is 1. The van der Waals surface area contributed by atoms with Crippen LogP contribution in [-0.4, -0.2) is 18.2 Å². The molecule has 1 heterocycles. The summed E-state index contributed by atoms with van der Waals surface area (Å²) in [7, 11) is 1.09. The van der Waals surface area contributed by atoms with Crippen LogP contribution in [0.2, 0.25) is 0 Å². The summed E-state index contributed by atoms with van der Waals surface area (Å²) < 4.78 is 50.4. The number of halogens is 3. The molecule has 0 bridgehead atoms. The lowest BCUT2D eigenvalue weighted by Crippen LogP contribution is -2.18. The molecule has 0 unspecified atom stereocenters. The van der Waals surface area contributed by atoms with Gasteiger partial charge in [-0.25, -0.2) is 18.0 Å². The number of ether oxygens (including phenoxy) is 1. The number of carbonyl (C=O) groups is 1. The molecule has 3 aromatic rings. The van der Waals surface area contributed by atoms with Gasteiger partial charge in [-0.3, -0.25) is 4.79 Å². The smallest absolute Gasteiger partial charge is 0.343 e. The number of rotatable bonds is 4. The summed E-state index contributed by atoms with van der Waals surface area (Å²) >= 11 is 0. The fourth-order valence-electron chi connectivity index (χ4n) is 2.87. The molecule has 0 saturated heterocycles. The van der Waals surface area contributed by atoms with Crippen LogP contribution in [0.25, 0.3) is 11.0 Å². The SMILES string of the molecule is COC(=O)C[C@@H](c1cc(F)c(F)c(F)c1)c1c(O)c2ccccc2oc1=O. The number of aromatic hydroxyl groups is 1. The molecule has 3 rings (SSSR count). The molecule has 1 aromatic heterocycles. The Hall–Kier alpha value is -3.29. The van der Waals surface area contributed by atoms with Crippen LogP contribution in [0.15, 0.2) is 45.6 Å². The highest BCUT2D eigenvalue weighted by atomic mass is 19.2. The van der Waals surface area contributed by atoms with Gasteiger partial charge in [0.15, 0.2) is 17.5 Å². The molecule has 2 aromatic carbocycles. The van der Waals surface area contributed by atoms with Gasteiger partial charge in [0.2, 0.25) is 0 Å². The zero-order chi connectivity index (χ0) is 19.7. The molecule has 1 N–H and O–H groups in total. The zero-order valence-electron chi connectivity index (χ0n) is 14.0. The van der Waals surface area contributed by atoms with E-state index >= 15 is 0 Å².